The Kier molecular flexibility index (Phi) is 5.02. The number of nitrogens with zero attached hydrogens (tertiary/aromatic N) is 2. The van der Waals surface area contributed by atoms with Crippen molar-refractivity contribution in [3.63, 3.8) is 0 Å². The number of piperazine rings is 1. The zero-order valence-corrected chi connectivity index (χ0v) is 12.5. The second-order valence-electron chi connectivity index (χ2n) is 5.97. The molecule has 1 saturated heterocycles. The monoisotopic (exact) mass is 265 g/mol. The average Bonchev–Trinajstić information content (AvgIpc) is 2.71. The second-order valence-corrected chi connectivity index (χ2v) is 5.97. The molecule has 0 aromatic carbocycles. The van der Waals surface area contributed by atoms with Gasteiger partial charge < -0.3 is 15.1 Å². The summed E-state index contributed by atoms with van der Waals surface area (Å²) >= 11 is 0. The molecule has 0 bridgehead atoms. The molecule has 1 aliphatic heterocycles. The summed E-state index contributed by atoms with van der Waals surface area (Å²) < 4.78 is 5.76. The molecular formula is C15H27N3O. The Hall–Kier alpha value is -0.840. The zero-order valence-electron chi connectivity index (χ0n) is 12.5. The molecule has 1 aliphatic rings. The summed E-state index contributed by atoms with van der Waals surface area (Å²) in [7, 11) is 0. The fourth-order valence-electron chi connectivity index (χ4n) is 2.73. The van der Waals surface area contributed by atoms with E-state index in [1.54, 1.807) is 0 Å². The molecule has 0 unspecified atom stereocenters. The molecule has 0 amide bonds. The van der Waals surface area contributed by atoms with Crippen LogP contribution in [0.4, 0.5) is 0 Å². The zero-order chi connectivity index (χ0) is 13.8. The minimum absolute atomic E-state index is 0.567. The molecule has 2 heterocycles. The van der Waals surface area contributed by atoms with Crippen molar-refractivity contribution in [1.82, 2.24) is 9.80 Å². The highest BCUT2D eigenvalue weighted by Gasteiger charge is 2.18. The topological polar surface area (TPSA) is 45.6 Å². The molecule has 2 rings (SSSR count). The quantitative estimate of drug-likeness (QED) is 0.882. The maximum Gasteiger partial charge on any atom is 0.118 e. The van der Waals surface area contributed by atoms with Crippen molar-refractivity contribution in [2.75, 3.05) is 32.7 Å². The van der Waals surface area contributed by atoms with Crippen LogP contribution in [0.15, 0.2) is 10.5 Å². The van der Waals surface area contributed by atoms with Gasteiger partial charge in [0.1, 0.15) is 11.5 Å². The molecule has 1 fully saturated rings. The molecular weight excluding hydrogens is 238 g/mol. The van der Waals surface area contributed by atoms with Crippen LogP contribution in [0, 0.1) is 12.8 Å². The van der Waals surface area contributed by atoms with Gasteiger partial charge in [-0.2, -0.15) is 0 Å². The lowest BCUT2D eigenvalue weighted by molar-refractivity contribution is 0.111. The average molecular weight is 265 g/mol. The van der Waals surface area contributed by atoms with Crippen LogP contribution in [-0.4, -0.2) is 42.5 Å². The van der Waals surface area contributed by atoms with E-state index in [2.05, 4.69) is 29.7 Å². The molecule has 0 spiro atoms. The largest absolute Gasteiger partial charge is 0.465 e. The highest BCUT2D eigenvalue weighted by atomic mass is 16.3. The molecule has 4 nitrogen and oxygen atoms in total. The van der Waals surface area contributed by atoms with E-state index in [0.717, 1.165) is 42.6 Å². The van der Waals surface area contributed by atoms with E-state index in [1.165, 1.54) is 19.6 Å². The van der Waals surface area contributed by atoms with Crippen LogP contribution in [0.5, 0.6) is 0 Å². The highest BCUT2D eigenvalue weighted by molar-refractivity contribution is 5.20. The summed E-state index contributed by atoms with van der Waals surface area (Å²) in [5.41, 5.74) is 6.81. The fourth-order valence-corrected chi connectivity index (χ4v) is 2.73. The minimum Gasteiger partial charge on any atom is -0.465 e. The predicted molar refractivity (Wildman–Crippen MR) is 77.9 cm³/mol. The first-order chi connectivity index (χ1) is 9.08. The van der Waals surface area contributed by atoms with Crippen molar-refractivity contribution in [2.24, 2.45) is 11.7 Å². The summed E-state index contributed by atoms with van der Waals surface area (Å²) in [6.45, 7) is 13.8. The third-order valence-corrected chi connectivity index (χ3v) is 3.76. The molecule has 19 heavy (non-hydrogen) atoms. The highest BCUT2D eigenvalue weighted by Crippen LogP contribution is 2.16. The van der Waals surface area contributed by atoms with Gasteiger partial charge in [-0.25, -0.2) is 0 Å². The molecule has 0 aliphatic carbocycles. The van der Waals surface area contributed by atoms with E-state index in [1.807, 2.05) is 6.92 Å². The van der Waals surface area contributed by atoms with Gasteiger partial charge in [-0.15, -0.1) is 0 Å². The molecule has 0 radical (unpaired) electrons. The maximum atomic E-state index is 5.76. The third-order valence-electron chi connectivity index (χ3n) is 3.76. The molecule has 4 heteroatoms. The summed E-state index contributed by atoms with van der Waals surface area (Å²) in [4.78, 5) is 5.02. The number of hydrogen-bond donors (Lipinski definition) is 1. The summed E-state index contributed by atoms with van der Waals surface area (Å²) in [6, 6.07) is 2.11. The Labute approximate surface area is 116 Å². The lowest BCUT2D eigenvalue weighted by Crippen LogP contribution is -2.46. The van der Waals surface area contributed by atoms with Gasteiger partial charge in [-0.1, -0.05) is 13.8 Å². The molecule has 1 aromatic heterocycles. The van der Waals surface area contributed by atoms with Gasteiger partial charge >= 0.3 is 0 Å². The van der Waals surface area contributed by atoms with Crippen LogP contribution < -0.4 is 5.73 Å². The van der Waals surface area contributed by atoms with E-state index in [9.17, 15) is 0 Å². The van der Waals surface area contributed by atoms with Gasteiger partial charge in [0.2, 0.25) is 0 Å². The first kappa shape index (κ1) is 14.6. The summed E-state index contributed by atoms with van der Waals surface area (Å²) in [5.74, 6) is 2.78. The minimum atomic E-state index is 0.567. The standard InChI is InChI=1S/C15H27N3O/c1-12(2)10-17-4-6-18(7-5-17)11-15-8-14(9-16)13(3)19-15/h8,12H,4-7,9-11,16H2,1-3H3. The Morgan fingerprint density at radius 1 is 1.21 bits per heavy atom. The number of rotatable bonds is 5. The molecule has 0 atom stereocenters. The lowest BCUT2D eigenvalue weighted by atomic mass is 10.2. The second kappa shape index (κ2) is 6.55. The maximum absolute atomic E-state index is 5.76. The molecule has 2 N–H and O–H groups in total. The van der Waals surface area contributed by atoms with Gasteiger partial charge in [0.05, 0.1) is 6.54 Å². The van der Waals surface area contributed by atoms with E-state index >= 15 is 0 Å². The van der Waals surface area contributed by atoms with Gasteiger partial charge in [0, 0.05) is 44.8 Å². The van der Waals surface area contributed by atoms with Crippen LogP contribution in [0.2, 0.25) is 0 Å². The van der Waals surface area contributed by atoms with Crippen LogP contribution in [0.25, 0.3) is 0 Å². The van der Waals surface area contributed by atoms with Crippen molar-refractivity contribution in [3.05, 3.63) is 23.2 Å². The van der Waals surface area contributed by atoms with Gasteiger partial charge in [-0.05, 0) is 18.9 Å². The van der Waals surface area contributed by atoms with Crippen molar-refractivity contribution < 1.29 is 4.42 Å². The number of nitrogens with two attached hydrogens (primary N) is 1. The van der Waals surface area contributed by atoms with E-state index < -0.39 is 0 Å². The van der Waals surface area contributed by atoms with Crippen LogP contribution in [0.1, 0.15) is 30.9 Å². The number of hydrogen-bond acceptors (Lipinski definition) is 4. The SMILES string of the molecule is Cc1oc(CN2CCN(CC(C)C)CC2)cc1CN. The van der Waals surface area contributed by atoms with E-state index in [-0.39, 0.29) is 0 Å². The number of aryl methyl sites for hydroxylation is 1. The van der Waals surface area contributed by atoms with Crippen LogP contribution in [-0.2, 0) is 13.1 Å². The van der Waals surface area contributed by atoms with Crippen LogP contribution >= 0.6 is 0 Å². The van der Waals surface area contributed by atoms with Crippen molar-refractivity contribution in [1.29, 1.82) is 0 Å². The van der Waals surface area contributed by atoms with Crippen molar-refractivity contribution in [2.45, 2.75) is 33.9 Å². The van der Waals surface area contributed by atoms with Gasteiger partial charge in [0.15, 0.2) is 0 Å². The third kappa shape index (κ3) is 4.06. The lowest BCUT2D eigenvalue weighted by Gasteiger charge is -2.35. The Bertz CT molecular complexity index is 392. The predicted octanol–water partition coefficient (Wildman–Crippen LogP) is 1.82. The Morgan fingerprint density at radius 3 is 2.37 bits per heavy atom. The summed E-state index contributed by atoms with van der Waals surface area (Å²) in [6.07, 6.45) is 0. The fraction of sp³-hybridized carbons (Fsp3) is 0.733. The van der Waals surface area contributed by atoms with Crippen LogP contribution in [0.3, 0.4) is 0 Å². The van der Waals surface area contributed by atoms with E-state index in [4.69, 9.17) is 10.2 Å². The first-order valence-electron chi connectivity index (χ1n) is 7.31. The molecule has 1 aromatic rings. The Balaban J connectivity index is 1.81. The summed E-state index contributed by atoms with van der Waals surface area (Å²) in [5, 5.41) is 0. The first-order valence-corrected chi connectivity index (χ1v) is 7.31. The molecule has 108 valence electrons. The van der Waals surface area contributed by atoms with Crippen molar-refractivity contribution >= 4 is 0 Å². The van der Waals surface area contributed by atoms with Gasteiger partial charge in [0.25, 0.3) is 0 Å². The van der Waals surface area contributed by atoms with Crippen molar-refractivity contribution in [3.8, 4) is 0 Å². The Morgan fingerprint density at radius 2 is 1.84 bits per heavy atom. The molecule has 0 saturated carbocycles. The normalized spacial score (nSPS) is 18.4. The van der Waals surface area contributed by atoms with E-state index in [0.29, 0.717) is 6.54 Å². The van der Waals surface area contributed by atoms with Gasteiger partial charge in [-0.3, -0.25) is 4.90 Å². The smallest absolute Gasteiger partial charge is 0.118 e. The number of furan rings is 1.